The first-order valence-corrected chi connectivity index (χ1v) is 7.23. The maximum Gasteiger partial charge on any atom is 0.226 e. The third-order valence-electron chi connectivity index (χ3n) is 3.27. The Balaban J connectivity index is 1.92. The lowest BCUT2D eigenvalue weighted by Gasteiger charge is -2.14. The summed E-state index contributed by atoms with van der Waals surface area (Å²) in [5, 5.41) is 2.95. The molecule has 1 amide bonds. The molecule has 1 aromatic heterocycles. The topological polar surface area (TPSA) is 71.2 Å². The van der Waals surface area contributed by atoms with Gasteiger partial charge in [-0.3, -0.25) is 9.78 Å². The van der Waals surface area contributed by atoms with Gasteiger partial charge in [0.2, 0.25) is 5.91 Å². The van der Waals surface area contributed by atoms with E-state index in [2.05, 4.69) is 21.3 Å². The second-order valence-electron chi connectivity index (χ2n) is 5.54. The zero-order valence-electron chi connectivity index (χ0n) is 13.0. The molecular formula is C17H22N4O. The summed E-state index contributed by atoms with van der Waals surface area (Å²) in [5.41, 5.74) is 9.25. The number of nitrogen functional groups attached to an aromatic ring is 1. The Morgan fingerprint density at radius 1 is 1.18 bits per heavy atom. The molecule has 2 rings (SSSR count). The Morgan fingerprint density at radius 3 is 2.55 bits per heavy atom. The van der Waals surface area contributed by atoms with Crippen molar-refractivity contribution in [2.24, 2.45) is 0 Å². The van der Waals surface area contributed by atoms with Crippen LogP contribution in [0.15, 0.2) is 42.6 Å². The molecule has 0 unspecified atom stereocenters. The number of nitrogens with two attached hydrogens (primary N) is 1. The molecule has 0 bridgehead atoms. The number of nitrogens with one attached hydrogen (secondary N) is 1. The van der Waals surface area contributed by atoms with Gasteiger partial charge in [0.15, 0.2) is 0 Å². The van der Waals surface area contributed by atoms with Gasteiger partial charge in [-0.05, 0) is 37.4 Å². The molecule has 0 fully saturated rings. The van der Waals surface area contributed by atoms with Gasteiger partial charge in [0, 0.05) is 18.8 Å². The molecule has 0 atom stereocenters. The number of amides is 1. The van der Waals surface area contributed by atoms with E-state index in [0.29, 0.717) is 17.9 Å². The lowest BCUT2D eigenvalue weighted by atomic mass is 10.1. The zero-order valence-corrected chi connectivity index (χ0v) is 13.0. The summed E-state index contributed by atoms with van der Waals surface area (Å²) in [5.74, 6) is -0.0445. The number of hydrogen-bond acceptors (Lipinski definition) is 4. The molecule has 5 nitrogen and oxygen atoms in total. The molecule has 0 saturated heterocycles. The number of carbonyl (C=O) groups is 1. The fourth-order valence-electron chi connectivity index (χ4n) is 2.19. The summed E-state index contributed by atoms with van der Waals surface area (Å²) in [6, 6.07) is 11.7. The Labute approximate surface area is 131 Å². The quantitative estimate of drug-likeness (QED) is 0.849. The summed E-state index contributed by atoms with van der Waals surface area (Å²) < 4.78 is 0. The van der Waals surface area contributed by atoms with Crippen molar-refractivity contribution < 1.29 is 4.79 Å². The van der Waals surface area contributed by atoms with Gasteiger partial charge in [-0.2, -0.15) is 0 Å². The summed E-state index contributed by atoms with van der Waals surface area (Å²) >= 11 is 0. The minimum absolute atomic E-state index is 0.0445. The van der Waals surface area contributed by atoms with E-state index in [1.54, 1.807) is 18.3 Å². The highest BCUT2D eigenvalue weighted by molar-refractivity contribution is 5.78. The highest BCUT2D eigenvalue weighted by atomic mass is 16.1. The molecule has 0 saturated carbocycles. The number of anilines is 1. The van der Waals surface area contributed by atoms with Gasteiger partial charge >= 0.3 is 0 Å². The lowest BCUT2D eigenvalue weighted by molar-refractivity contribution is -0.120. The summed E-state index contributed by atoms with van der Waals surface area (Å²) in [6.07, 6.45) is 1.82. The molecule has 0 radical (unpaired) electrons. The molecule has 5 heteroatoms. The van der Waals surface area contributed by atoms with E-state index < -0.39 is 0 Å². The molecule has 0 aliphatic carbocycles. The van der Waals surface area contributed by atoms with E-state index in [-0.39, 0.29) is 12.3 Å². The van der Waals surface area contributed by atoms with Crippen LogP contribution in [-0.2, 0) is 24.3 Å². The summed E-state index contributed by atoms with van der Waals surface area (Å²) in [4.78, 5) is 18.3. The van der Waals surface area contributed by atoms with E-state index in [4.69, 9.17) is 5.73 Å². The minimum atomic E-state index is -0.0445. The van der Waals surface area contributed by atoms with Crippen LogP contribution < -0.4 is 11.1 Å². The largest absolute Gasteiger partial charge is 0.397 e. The molecule has 0 spiro atoms. The van der Waals surface area contributed by atoms with Crippen LogP contribution in [0.25, 0.3) is 0 Å². The smallest absolute Gasteiger partial charge is 0.226 e. The van der Waals surface area contributed by atoms with Crippen molar-refractivity contribution in [1.29, 1.82) is 0 Å². The van der Waals surface area contributed by atoms with Crippen LogP contribution in [0.4, 0.5) is 5.69 Å². The lowest BCUT2D eigenvalue weighted by Crippen LogP contribution is -2.26. The molecule has 0 aliphatic rings. The van der Waals surface area contributed by atoms with E-state index in [1.165, 1.54) is 5.56 Å². The predicted molar refractivity (Wildman–Crippen MR) is 88.0 cm³/mol. The zero-order chi connectivity index (χ0) is 15.9. The first-order valence-electron chi connectivity index (χ1n) is 7.23. The highest BCUT2D eigenvalue weighted by Gasteiger charge is 2.07. The van der Waals surface area contributed by atoms with Crippen LogP contribution in [0, 0.1) is 0 Å². The van der Waals surface area contributed by atoms with E-state index in [9.17, 15) is 4.79 Å². The summed E-state index contributed by atoms with van der Waals surface area (Å²) in [7, 11) is 4.06. The van der Waals surface area contributed by atoms with Crippen molar-refractivity contribution >= 4 is 11.6 Å². The summed E-state index contributed by atoms with van der Waals surface area (Å²) in [6.45, 7) is 1.38. The molecule has 22 heavy (non-hydrogen) atoms. The van der Waals surface area contributed by atoms with Crippen molar-refractivity contribution in [2.75, 3.05) is 19.8 Å². The van der Waals surface area contributed by atoms with Crippen molar-refractivity contribution in [3.63, 3.8) is 0 Å². The van der Waals surface area contributed by atoms with Crippen molar-refractivity contribution in [3.05, 3.63) is 59.4 Å². The van der Waals surface area contributed by atoms with Crippen LogP contribution in [0.5, 0.6) is 0 Å². The Morgan fingerprint density at radius 2 is 1.91 bits per heavy atom. The van der Waals surface area contributed by atoms with Gasteiger partial charge in [-0.25, -0.2) is 0 Å². The maximum absolute atomic E-state index is 12.0. The number of pyridine rings is 1. The SMILES string of the molecule is CN(C)Cc1ccccc1CNC(=O)Cc1ccc(N)cn1. The molecule has 3 N–H and O–H groups in total. The first-order chi connectivity index (χ1) is 10.5. The van der Waals surface area contributed by atoms with Crippen molar-refractivity contribution in [2.45, 2.75) is 19.5 Å². The number of nitrogens with zero attached hydrogens (tertiary/aromatic N) is 2. The maximum atomic E-state index is 12.0. The van der Waals surface area contributed by atoms with Gasteiger partial charge in [-0.15, -0.1) is 0 Å². The van der Waals surface area contributed by atoms with Gasteiger partial charge in [-0.1, -0.05) is 24.3 Å². The fourth-order valence-corrected chi connectivity index (χ4v) is 2.19. The Hall–Kier alpha value is -2.40. The first kappa shape index (κ1) is 16.0. The monoisotopic (exact) mass is 298 g/mol. The minimum Gasteiger partial charge on any atom is -0.397 e. The van der Waals surface area contributed by atoms with Gasteiger partial charge in [0.1, 0.15) is 0 Å². The number of rotatable bonds is 6. The average molecular weight is 298 g/mol. The van der Waals surface area contributed by atoms with E-state index >= 15 is 0 Å². The standard InChI is InChI=1S/C17H22N4O/c1-21(2)12-14-6-4-3-5-13(14)10-20-17(22)9-16-8-7-15(18)11-19-16/h3-8,11H,9-10,12,18H2,1-2H3,(H,20,22). The average Bonchev–Trinajstić information content (AvgIpc) is 2.48. The van der Waals surface area contributed by atoms with Gasteiger partial charge < -0.3 is 16.0 Å². The molecule has 0 aliphatic heterocycles. The van der Waals surface area contributed by atoms with E-state index in [1.807, 2.05) is 32.3 Å². The highest BCUT2D eigenvalue weighted by Crippen LogP contribution is 2.10. The Kier molecular flexibility index (Phi) is 5.49. The molecule has 1 aromatic carbocycles. The van der Waals surface area contributed by atoms with Crippen molar-refractivity contribution in [1.82, 2.24) is 15.2 Å². The molecule has 1 heterocycles. The predicted octanol–water partition coefficient (Wildman–Crippen LogP) is 1.58. The van der Waals surface area contributed by atoms with Gasteiger partial charge in [0.25, 0.3) is 0 Å². The van der Waals surface area contributed by atoms with Gasteiger partial charge in [0.05, 0.1) is 18.3 Å². The second kappa shape index (κ2) is 7.56. The number of hydrogen-bond donors (Lipinski definition) is 2. The fraction of sp³-hybridized carbons (Fsp3) is 0.294. The normalized spacial score (nSPS) is 10.7. The van der Waals surface area contributed by atoms with Crippen molar-refractivity contribution in [3.8, 4) is 0 Å². The van der Waals surface area contributed by atoms with Crippen LogP contribution in [0.1, 0.15) is 16.8 Å². The molecule has 116 valence electrons. The Bertz CT molecular complexity index is 623. The van der Waals surface area contributed by atoms with Crippen LogP contribution in [0.2, 0.25) is 0 Å². The second-order valence-corrected chi connectivity index (χ2v) is 5.54. The van der Waals surface area contributed by atoms with Crippen LogP contribution in [-0.4, -0.2) is 29.9 Å². The third kappa shape index (κ3) is 4.86. The molecular weight excluding hydrogens is 276 g/mol. The number of aromatic nitrogens is 1. The van der Waals surface area contributed by atoms with E-state index in [0.717, 1.165) is 12.1 Å². The number of benzene rings is 1. The van der Waals surface area contributed by atoms with Crippen LogP contribution in [0.3, 0.4) is 0 Å². The number of carbonyl (C=O) groups excluding carboxylic acids is 1. The third-order valence-corrected chi connectivity index (χ3v) is 3.27. The molecule has 2 aromatic rings. The van der Waals surface area contributed by atoms with Crippen LogP contribution >= 0.6 is 0 Å².